The third-order valence-corrected chi connectivity index (χ3v) is 2.04. The van der Waals surface area contributed by atoms with Gasteiger partial charge in [0.25, 0.3) is 0 Å². The minimum Gasteiger partial charge on any atom is -0.0871 e. The Hall–Kier alpha value is -1.56. The molecule has 0 N–H and O–H groups in total. The first-order chi connectivity index (χ1) is 6.40. The van der Waals surface area contributed by atoms with E-state index in [0.29, 0.717) is 0 Å². The van der Waals surface area contributed by atoms with Crippen LogP contribution in [0.5, 0.6) is 0 Å². The van der Waals surface area contributed by atoms with Crippen LogP contribution in [0.1, 0.15) is 12.5 Å². The molecule has 0 aliphatic rings. The lowest BCUT2D eigenvalue weighted by molar-refractivity contribution is 1.68. The van der Waals surface area contributed by atoms with Crippen molar-refractivity contribution < 1.29 is 0 Å². The highest BCUT2D eigenvalue weighted by Crippen LogP contribution is 2.15. The fraction of sp³-hybridized carbons (Fsp3) is 0.0769. The molecule has 0 saturated carbocycles. The average molecular weight is 167 g/mol. The average Bonchev–Trinajstić information content (AvgIpc) is 2.18. The van der Waals surface area contributed by atoms with Crippen molar-refractivity contribution in [3.05, 3.63) is 54.1 Å². The van der Waals surface area contributed by atoms with Gasteiger partial charge >= 0.3 is 0 Å². The monoisotopic (exact) mass is 167 g/mol. The van der Waals surface area contributed by atoms with Crippen LogP contribution in [0.4, 0.5) is 0 Å². The molecule has 0 aliphatic heterocycles. The summed E-state index contributed by atoms with van der Waals surface area (Å²) in [6.45, 7) is 2.02. The zero-order valence-corrected chi connectivity index (χ0v) is 7.62. The first-order valence-corrected chi connectivity index (χ1v) is 4.43. The topological polar surface area (TPSA) is 0 Å². The summed E-state index contributed by atoms with van der Waals surface area (Å²) in [6.07, 6.45) is 4.13. The molecule has 63 valence electrons. The third-order valence-electron chi connectivity index (χ3n) is 2.04. The largest absolute Gasteiger partial charge is 0.0871 e. The predicted octanol–water partition coefficient (Wildman–Crippen LogP) is 3.67. The van der Waals surface area contributed by atoms with E-state index in [4.69, 9.17) is 0 Å². The standard InChI is InChI=1S/C13H11/c1-2-5-11-8-9-12-6-3-4-7-13(12)10-11/h2-8,10H,1H3/b5-2-. The molecule has 0 heteroatoms. The van der Waals surface area contributed by atoms with Gasteiger partial charge in [0.2, 0.25) is 0 Å². The van der Waals surface area contributed by atoms with E-state index in [0.717, 1.165) is 0 Å². The second kappa shape index (κ2) is 3.44. The molecule has 0 aliphatic carbocycles. The van der Waals surface area contributed by atoms with Gasteiger partial charge in [0.1, 0.15) is 0 Å². The minimum absolute atomic E-state index is 1.18. The minimum atomic E-state index is 1.18. The van der Waals surface area contributed by atoms with Crippen molar-refractivity contribution in [2.24, 2.45) is 0 Å². The number of hydrogen-bond donors (Lipinski definition) is 0. The lowest BCUT2D eigenvalue weighted by atomic mass is 10.1. The smallest absolute Gasteiger partial charge is 0.00930 e. The van der Waals surface area contributed by atoms with E-state index < -0.39 is 0 Å². The summed E-state index contributed by atoms with van der Waals surface area (Å²) < 4.78 is 0. The Morgan fingerprint density at radius 1 is 1.23 bits per heavy atom. The molecule has 0 amide bonds. The molecule has 2 rings (SSSR count). The predicted molar refractivity (Wildman–Crippen MR) is 57.5 cm³/mol. The van der Waals surface area contributed by atoms with E-state index in [1.807, 2.05) is 25.1 Å². The van der Waals surface area contributed by atoms with Crippen molar-refractivity contribution in [3.63, 3.8) is 0 Å². The van der Waals surface area contributed by atoms with Crippen molar-refractivity contribution in [1.82, 2.24) is 0 Å². The highest BCUT2D eigenvalue weighted by atomic mass is 14.0. The Morgan fingerprint density at radius 2 is 2.08 bits per heavy atom. The molecule has 13 heavy (non-hydrogen) atoms. The summed E-state index contributed by atoms with van der Waals surface area (Å²) in [4.78, 5) is 0. The Kier molecular flexibility index (Phi) is 2.13. The molecule has 0 atom stereocenters. The molecule has 0 heterocycles. The van der Waals surface area contributed by atoms with Gasteiger partial charge in [0.05, 0.1) is 0 Å². The zero-order chi connectivity index (χ0) is 9.10. The van der Waals surface area contributed by atoms with Crippen LogP contribution in [0.2, 0.25) is 0 Å². The van der Waals surface area contributed by atoms with Crippen molar-refractivity contribution in [2.75, 3.05) is 0 Å². The SMILES string of the molecule is C/C=C\c1c[c]c2ccccc2c1. The van der Waals surface area contributed by atoms with E-state index in [-0.39, 0.29) is 0 Å². The number of hydrogen-bond acceptors (Lipinski definition) is 0. The van der Waals surface area contributed by atoms with Crippen LogP contribution in [0, 0.1) is 6.07 Å². The van der Waals surface area contributed by atoms with Crippen LogP contribution in [0.25, 0.3) is 16.8 Å². The molecule has 1 radical (unpaired) electrons. The molecule has 0 fully saturated rings. The lowest BCUT2D eigenvalue weighted by Crippen LogP contribution is -1.74. The maximum absolute atomic E-state index is 3.25. The summed E-state index contributed by atoms with van der Waals surface area (Å²) in [6, 6.07) is 15.7. The van der Waals surface area contributed by atoms with E-state index in [1.54, 1.807) is 0 Å². The Balaban J connectivity index is 2.62. The van der Waals surface area contributed by atoms with Crippen LogP contribution in [-0.2, 0) is 0 Å². The molecular formula is C13H11. The molecule has 2 aromatic carbocycles. The lowest BCUT2D eigenvalue weighted by Gasteiger charge is -1.97. The number of allylic oxidation sites excluding steroid dienone is 1. The molecule has 2 aromatic rings. The molecule has 0 unspecified atom stereocenters. The second-order valence-corrected chi connectivity index (χ2v) is 3.02. The van der Waals surface area contributed by atoms with E-state index >= 15 is 0 Å². The number of rotatable bonds is 1. The highest BCUT2D eigenvalue weighted by molar-refractivity contribution is 5.84. The first-order valence-electron chi connectivity index (χ1n) is 4.43. The van der Waals surface area contributed by atoms with Crippen molar-refractivity contribution in [2.45, 2.75) is 6.92 Å². The molecule has 0 aromatic heterocycles. The summed E-state index contributed by atoms with van der Waals surface area (Å²) in [5, 5.41) is 2.42. The number of fused-ring (bicyclic) bond motifs is 1. The normalized spacial score (nSPS) is 11.2. The fourth-order valence-corrected chi connectivity index (χ4v) is 1.43. The van der Waals surface area contributed by atoms with E-state index in [9.17, 15) is 0 Å². The van der Waals surface area contributed by atoms with Gasteiger partial charge in [-0.2, -0.15) is 0 Å². The van der Waals surface area contributed by atoms with Gasteiger partial charge in [-0.25, -0.2) is 0 Å². The maximum Gasteiger partial charge on any atom is -0.00930 e. The number of benzene rings is 2. The van der Waals surface area contributed by atoms with Crippen LogP contribution in [-0.4, -0.2) is 0 Å². The van der Waals surface area contributed by atoms with Gasteiger partial charge in [0, 0.05) is 0 Å². The van der Waals surface area contributed by atoms with Crippen LogP contribution >= 0.6 is 0 Å². The second-order valence-electron chi connectivity index (χ2n) is 3.02. The summed E-state index contributed by atoms with van der Waals surface area (Å²) in [5.41, 5.74) is 1.21. The molecular weight excluding hydrogens is 156 g/mol. The van der Waals surface area contributed by atoms with E-state index in [2.05, 4.69) is 36.4 Å². The fourth-order valence-electron chi connectivity index (χ4n) is 1.43. The molecule has 0 bridgehead atoms. The Bertz CT molecular complexity index is 438. The van der Waals surface area contributed by atoms with Gasteiger partial charge in [-0.1, -0.05) is 36.4 Å². The van der Waals surface area contributed by atoms with Crippen LogP contribution < -0.4 is 0 Å². The third kappa shape index (κ3) is 1.62. The zero-order valence-electron chi connectivity index (χ0n) is 7.62. The molecule has 0 nitrogen and oxygen atoms in total. The van der Waals surface area contributed by atoms with Crippen LogP contribution in [0.3, 0.4) is 0 Å². The Labute approximate surface area is 78.5 Å². The van der Waals surface area contributed by atoms with Gasteiger partial charge in [-0.3, -0.25) is 0 Å². The van der Waals surface area contributed by atoms with Crippen molar-refractivity contribution in [1.29, 1.82) is 0 Å². The maximum atomic E-state index is 3.25. The van der Waals surface area contributed by atoms with Gasteiger partial charge in [-0.05, 0) is 41.5 Å². The molecule has 0 saturated heterocycles. The van der Waals surface area contributed by atoms with Gasteiger partial charge in [0.15, 0.2) is 0 Å². The quantitative estimate of drug-likeness (QED) is 0.607. The highest BCUT2D eigenvalue weighted by Gasteiger charge is 1.91. The van der Waals surface area contributed by atoms with Gasteiger partial charge in [-0.15, -0.1) is 0 Å². The van der Waals surface area contributed by atoms with Crippen molar-refractivity contribution >= 4 is 16.8 Å². The van der Waals surface area contributed by atoms with Crippen LogP contribution in [0.15, 0.2) is 42.5 Å². The molecule has 0 spiro atoms. The van der Waals surface area contributed by atoms with Crippen molar-refractivity contribution in [3.8, 4) is 0 Å². The van der Waals surface area contributed by atoms with E-state index in [1.165, 1.54) is 16.3 Å². The summed E-state index contributed by atoms with van der Waals surface area (Å²) in [7, 11) is 0. The Morgan fingerprint density at radius 3 is 2.92 bits per heavy atom. The summed E-state index contributed by atoms with van der Waals surface area (Å²) in [5.74, 6) is 0. The first kappa shape index (κ1) is 8.06. The van der Waals surface area contributed by atoms with Gasteiger partial charge < -0.3 is 0 Å². The summed E-state index contributed by atoms with van der Waals surface area (Å²) >= 11 is 0.